The molecule has 0 unspecified atom stereocenters. The number of hydrogen-bond acceptors (Lipinski definition) is 2. The Labute approximate surface area is 113 Å². The first kappa shape index (κ1) is 13.3. The standard InChI is InChI=1S/C13H10ClFN2O2/c1-7(18)11-4-5-12(17-11)13(19)16-8-2-3-10(15)9(14)6-8/h2-6,17H,1H3,(H,16,19). The number of hydrogen-bond donors (Lipinski definition) is 2. The molecule has 0 aliphatic carbocycles. The summed E-state index contributed by atoms with van der Waals surface area (Å²) in [6.07, 6.45) is 0. The van der Waals surface area contributed by atoms with Crippen LogP contribution in [0.4, 0.5) is 10.1 Å². The summed E-state index contributed by atoms with van der Waals surface area (Å²) in [5, 5.41) is 2.47. The van der Waals surface area contributed by atoms with Gasteiger partial charge in [0.1, 0.15) is 11.5 Å². The van der Waals surface area contributed by atoms with Gasteiger partial charge in [0.25, 0.3) is 5.91 Å². The number of ketones is 1. The van der Waals surface area contributed by atoms with Crippen molar-refractivity contribution < 1.29 is 14.0 Å². The summed E-state index contributed by atoms with van der Waals surface area (Å²) in [6, 6.07) is 6.89. The van der Waals surface area contributed by atoms with E-state index in [9.17, 15) is 14.0 Å². The van der Waals surface area contributed by atoms with Gasteiger partial charge in [-0.05, 0) is 30.3 Å². The van der Waals surface area contributed by atoms with E-state index in [-0.39, 0.29) is 16.5 Å². The third-order valence-electron chi connectivity index (χ3n) is 2.49. The summed E-state index contributed by atoms with van der Waals surface area (Å²) in [6.45, 7) is 1.40. The average Bonchev–Trinajstić information content (AvgIpc) is 2.83. The Morgan fingerprint density at radius 2 is 1.89 bits per heavy atom. The molecule has 2 rings (SSSR count). The smallest absolute Gasteiger partial charge is 0.272 e. The van der Waals surface area contributed by atoms with Crippen molar-refractivity contribution in [1.82, 2.24) is 4.98 Å². The number of aromatic nitrogens is 1. The first-order valence-corrected chi connectivity index (χ1v) is 5.81. The molecule has 2 aromatic rings. The summed E-state index contributed by atoms with van der Waals surface area (Å²) in [4.78, 5) is 25.6. The molecule has 1 aromatic carbocycles. The fraction of sp³-hybridized carbons (Fsp3) is 0.0769. The van der Waals surface area contributed by atoms with Crippen LogP contribution in [0.5, 0.6) is 0 Å². The molecule has 98 valence electrons. The van der Waals surface area contributed by atoms with E-state index in [0.29, 0.717) is 11.4 Å². The second-order valence-electron chi connectivity index (χ2n) is 3.92. The first-order chi connectivity index (χ1) is 8.97. The van der Waals surface area contributed by atoms with Gasteiger partial charge >= 0.3 is 0 Å². The van der Waals surface area contributed by atoms with Crippen LogP contribution >= 0.6 is 11.6 Å². The van der Waals surface area contributed by atoms with Gasteiger partial charge < -0.3 is 10.3 Å². The number of halogens is 2. The zero-order valence-corrected chi connectivity index (χ0v) is 10.7. The Morgan fingerprint density at radius 1 is 1.21 bits per heavy atom. The van der Waals surface area contributed by atoms with Crippen LogP contribution in [-0.2, 0) is 0 Å². The SMILES string of the molecule is CC(=O)c1ccc(C(=O)Nc2ccc(F)c(Cl)c2)[nH]1. The van der Waals surface area contributed by atoms with Crippen molar-refractivity contribution in [1.29, 1.82) is 0 Å². The third-order valence-corrected chi connectivity index (χ3v) is 2.78. The molecular weight excluding hydrogens is 271 g/mol. The van der Waals surface area contributed by atoms with Crippen molar-refractivity contribution >= 4 is 29.0 Å². The molecule has 0 aliphatic rings. The highest BCUT2D eigenvalue weighted by Gasteiger charge is 2.11. The maximum absolute atomic E-state index is 13.0. The molecule has 0 aliphatic heterocycles. The molecule has 0 saturated carbocycles. The second-order valence-corrected chi connectivity index (χ2v) is 4.33. The number of rotatable bonds is 3. The third kappa shape index (κ3) is 3.00. The lowest BCUT2D eigenvalue weighted by Crippen LogP contribution is -2.12. The molecular formula is C13H10ClFN2O2. The van der Waals surface area contributed by atoms with Gasteiger partial charge in [-0.1, -0.05) is 11.6 Å². The van der Waals surface area contributed by atoms with Gasteiger partial charge in [-0.3, -0.25) is 9.59 Å². The van der Waals surface area contributed by atoms with Crippen molar-refractivity contribution in [3.05, 3.63) is 52.6 Å². The maximum Gasteiger partial charge on any atom is 0.272 e. The van der Waals surface area contributed by atoms with Gasteiger partial charge in [-0.15, -0.1) is 0 Å². The van der Waals surface area contributed by atoms with Crippen LogP contribution in [0.2, 0.25) is 5.02 Å². The van der Waals surface area contributed by atoms with Gasteiger partial charge in [0.15, 0.2) is 5.78 Å². The number of nitrogens with one attached hydrogen (secondary N) is 2. The predicted octanol–water partition coefficient (Wildman–Crippen LogP) is 3.26. The van der Waals surface area contributed by atoms with Crippen molar-refractivity contribution in [3.63, 3.8) is 0 Å². The summed E-state index contributed by atoms with van der Waals surface area (Å²) in [7, 11) is 0. The van der Waals surface area contributed by atoms with Crippen LogP contribution in [0.3, 0.4) is 0 Å². The quantitative estimate of drug-likeness (QED) is 0.848. The second kappa shape index (κ2) is 5.24. The Balaban J connectivity index is 2.15. The molecule has 0 fully saturated rings. The minimum Gasteiger partial charge on any atom is -0.348 e. The van der Waals surface area contributed by atoms with Gasteiger partial charge in [-0.25, -0.2) is 4.39 Å². The predicted molar refractivity (Wildman–Crippen MR) is 70.2 cm³/mol. The van der Waals surface area contributed by atoms with Gasteiger partial charge in [0, 0.05) is 12.6 Å². The normalized spacial score (nSPS) is 10.3. The summed E-state index contributed by atoms with van der Waals surface area (Å²) < 4.78 is 13.0. The largest absolute Gasteiger partial charge is 0.348 e. The van der Waals surface area contributed by atoms with Crippen molar-refractivity contribution in [3.8, 4) is 0 Å². The highest BCUT2D eigenvalue weighted by atomic mass is 35.5. The molecule has 19 heavy (non-hydrogen) atoms. The Bertz CT molecular complexity index is 652. The van der Waals surface area contributed by atoms with Gasteiger partial charge in [-0.2, -0.15) is 0 Å². The Kier molecular flexibility index (Phi) is 3.66. The molecule has 6 heteroatoms. The maximum atomic E-state index is 13.0. The Morgan fingerprint density at radius 3 is 2.47 bits per heavy atom. The van der Waals surface area contributed by atoms with Crippen LogP contribution in [0, 0.1) is 5.82 Å². The number of Topliss-reactive ketones (excluding diaryl/α,β-unsaturated/α-hetero) is 1. The number of carbonyl (C=O) groups is 2. The highest BCUT2D eigenvalue weighted by molar-refractivity contribution is 6.31. The molecule has 2 N–H and O–H groups in total. The number of amides is 1. The molecule has 0 atom stereocenters. The lowest BCUT2D eigenvalue weighted by atomic mass is 10.3. The first-order valence-electron chi connectivity index (χ1n) is 5.43. The van der Waals surface area contributed by atoms with E-state index in [1.165, 1.54) is 31.2 Å². The van der Waals surface area contributed by atoms with Crippen LogP contribution in [0.25, 0.3) is 0 Å². The van der Waals surface area contributed by atoms with E-state index < -0.39 is 11.7 Å². The fourth-order valence-electron chi connectivity index (χ4n) is 1.51. The fourth-order valence-corrected chi connectivity index (χ4v) is 1.69. The zero-order valence-electron chi connectivity index (χ0n) is 9.96. The molecule has 1 aromatic heterocycles. The van der Waals surface area contributed by atoms with Crippen molar-refractivity contribution in [2.24, 2.45) is 0 Å². The summed E-state index contributed by atoms with van der Waals surface area (Å²) in [5.74, 6) is -1.16. The van der Waals surface area contributed by atoms with E-state index in [2.05, 4.69) is 10.3 Å². The molecule has 0 saturated heterocycles. The van der Waals surface area contributed by atoms with Crippen molar-refractivity contribution in [2.45, 2.75) is 6.92 Å². The van der Waals surface area contributed by atoms with E-state index in [1.54, 1.807) is 0 Å². The molecule has 0 bridgehead atoms. The summed E-state index contributed by atoms with van der Waals surface area (Å²) >= 11 is 5.61. The highest BCUT2D eigenvalue weighted by Crippen LogP contribution is 2.19. The number of benzene rings is 1. The van der Waals surface area contributed by atoms with Crippen LogP contribution in [0.1, 0.15) is 27.9 Å². The van der Waals surface area contributed by atoms with Gasteiger partial charge in [0.05, 0.1) is 10.7 Å². The number of carbonyl (C=O) groups excluding carboxylic acids is 2. The van der Waals surface area contributed by atoms with Gasteiger partial charge in [0.2, 0.25) is 0 Å². The molecule has 1 amide bonds. The van der Waals surface area contributed by atoms with E-state index >= 15 is 0 Å². The average molecular weight is 281 g/mol. The summed E-state index contributed by atoms with van der Waals surface area (Å²) in [5.41, 5.74) is 0.961. The molecule has 4 nitrogen and oxygen atoms in total. The van der Waals surface area contributed by atoms with Crippen molar-refractivity contribution in [2.75, 3.05) is 5.32 Å². The van der Waals surface area contributed by atoms with Crippen LogP contribution < -0.4 is 5.32 Å². The van der Waals surface area contributed by atoms with Crippen LogP contribution in [-0.4, -0.2) is 16.7 Å². The van der Waals surface area contributed by atoms with E-state index in [1.807, 2.05) is 0 Å². The number of anilines is 1. The topological polar surface area (TPSA) is 62.0 Å². The molecule has 0 radical (unpaired) electrons. The molecule has 0 spiro atoms. The minimum absolute atomic E-state index is 0.0753. The van der Waals surface area contributed by atoms with E-state index in [0.717, 1.165) is 6.07 Å². The zero-order chi connectivity index (χ0) is 14.0. The monoisotopic (exact) mass is 280 g/mol. The minimum atomic E-state index is -0.557. The lowest BCUT2D eigenvalue weighted by molar-refractivity contribution is 0.101. The molecule has 1 heterocycles. The van der Waals surface area contributed by atoms with E-state index in [4.69, 9.17) is 11.6 Å². The number of H-pyrrole nitrogens is 1. The Hall–Kier alpha value is -2.14. The lowest BCUT2D eigenvalue weighted by Gasteiger charge is -2.04. The van der Waals surface area contributed by atoms with Crippen LogP contribution in [0.15, 0.2) is 30.3 Å². The number of aromatic amines is 1.